The van der Waals surface area contributed by atoms with E-state index in [9.17, 15) is 4.79 Å². The van der Waals surface area contributed by atoms with E-state index in [1.165, 1.54) is 0 Å². The van der Waals surface area contributed by atoms with Crippen LogP contribution < -0.4 is 5.73 Å². The summed E-state index contributed by atoms with van der Waals surface area (Å²) in [4.78, 5) is 10.8. The minimum absolute atomic E-state index is 0.512. The quantitative estimate of drug-likeness (QED) is 0.806. The van der Waals surface area contributed by atoms with E-state index in [0.717, 1.165) is 11.1 Å². The van der Waals surface area contributed by atoms with Crippen LogP contribution in [0.15, 0.2) is 60.7 Å². The first-order valence-electron chi connectivity index (χ1n) is 5.29. The van der Waals surface area contributed by atoms with Crippen LogP contribution in [0.4, 0.5) is 4.79 Å². The van der Waals surface area contributed by atoms with Crippen molar-refractivity contribution in [1.82, 2.24) is 5.73 Å². The number of amides is 1. The molecule has 0 spiro atoms. The first-order chi connectivity index (χ1) is 8.27. The Balaban J connectivity index is 2.36. The highest BCUT2D eigenvalue weighted by atomic mass is 16.6. The second-order valence-electron chi connectivity index (χ2n) is 3.61. The van der Waals surface area contributed by atoms with Gasteiger partial charge in [0.15, 0.2) is 6.10 Å². The van der Waals surface area contributed by atoms with Gasteiger partial charge in [-0.1, -0.05) is 60.7 Å². The Morgan fingerprint density at radius 1 is 0.882 bits per heavy atom. The molecule has 2 rings (SSSR count). The molecule has 0 saturated heterocycles. The van der Waals surface area contributed by atoms with Crippen molar-refractivity contribution in [3.8, 4) is 0 Å². The summed E-state index contributed by atoms with van der Waals surface area (Å²) in [5.41, 5.74) is 8.67. The van der Waals surface area contributed by atoms with Crippen LogP contribution in [0.2, 0.25) is 0 Å². The molecular formula is C14H12NO2. The van der Waals surface area contributed by atoms with Crippen molar-refractivity contribution in [2.45, 2.75) is 6.10 Å². The fourth-order valence-electron chi connectivity index (χ4n) is 1.69. The number of rotatable bonds is 3. The van der Waals surface area contributed by atoms with E-state index < -0.39 is 12.2 Å². The Labute approximate surface area is 99.8 Å². The van der Waals surface area contributed by atoms with Gasteiger partial charge in [0.2, 0.25) is 0 Å². The van der Waals surface area contributed by atoms with Crippen LogP contribution in [0, 0.1) is 0 Å². The fraction of sp³-hybridized carbons (Fsp3) is 0.0714. The van der Waals surface area contributed by atoms with Gasteiger partial charge in [-0.05, 0) is 11.1 Å². The summed E-state index contributed by atoms with van der Waals surface area (Å²) >= 11 is 0. The SMILES string of the molecule is [NH]C(=O)OC(c1ccccc1)c1ccccc1. The van der Waals surface area contributed by atoms with Crippen molar-refractivity contribution < 1.29 is 9.53 Å². The molecule has 0 atom stereocenters. The lowest BCUT2D eigenvalue weighted by Crippen LogP contribution is -2.11. The highest BCUT2D eigenvalue weighted by molar-refractivity contribution is 5.64. The molecule has 1 radical (unpaired) electrons. The molecule has 0 aliphatic carbocycles. The van der Waals surface area contributed by atoms with Crippen molar-refractivity contribution in [3.05, 3.63) is 71.8 Å². The van der Waals surface area contributed by atoms with Gasteiger partial charge in [0.25, 0.3) is 0 Å². The van der Waals surface area contributed by atoms with Gasteiger partial charge in [-0.3, -0.25) is 0 Å². The molecule has 0 bridgehead atoms. The van der Waals surface area contributed by atoms with E-state index in [2.05, 4.69) is 0 Å². The van der Waals surface area contributed by atoms with Crippen molar-refractivity contribution >= 4 is 6.09 Å². The Morgan fingerprint density at radius 2 is 1.29 bits per heavy atom. The highest BCUT2D eigenvalue weighted by Crippen LogP contribution is 2.25. The first kappa shape index (κ1) is 11.2. The zero-order chi connectivity index (χ0) is 12.1. The van der Waals surface area contributed by atoms with Crippen molar-refractivity contribution in [2.75, 3.05) is 0 Å². The lowest BCUT2D eigenvalue weighted by atomic mass is 10.0. The first-order valence-corrected chi connectivity index (χ1v) is 5.29. The van der Waals surface area contributed by atoms with E-state index in [-0.39, 0.29) is 0 Å². The molecule has 1 amide bonds. The van der Waals surface area contributed by atoms with Gasteiger partial charge < -0.3 is 4.74 Å². The van der Waals surface area contributed by atoms with Crippen LogP contribution in [0.25, 0.3) is 0 Å². The second kappa shape index (κ2) is 5.16. The summed E-state index contributed by atoms with van der Waals surface area (Å²) in [5, 5.41) is 0. The van der Waals surface area contributed by atoms with Gasteiger partial charge in [-0.25, -0.2) is 10.5 Å². The molecule has 2 aromatic rings. The standard InChI is InChI=1S/C14H12NO2/c15-14(16)17-13(11-7-3-1-4-8-11)12-9-5-2-6-10-12/h1-10,13,15H. The average Bonchev–Trinajstić information content (AvgIpc) is 2.38. The molecule has 0 unspecified atom stereocenters. The topological polar surface area (TPSA) is 50.1 Å². The minimum atomic E-state index is -1.03. The van der Waals surface area contributed by atoms with Gasteiger partial charge in [-0.15, -0.1) is 0 Å². The van der Waals surface area contributed by atoms with Crippen LogP contribution in [-0.2, 0) is 4.74 Å². The molecule has 3 heteroatoms. The van der Waals surface area contributed by atoms with E-state index in [0.29, 0.717) is 0 Å². The summed E-state index contributed by atoms with van der Waals surface area (Å²) in [7, 11) is 0. The Kier molecular flexibility index (Phi) is 3.40. The third-order valence-corrected chi connectivity index (χ3v) is 2.43. The van der Waals surface area contributed by atoms with Crippen LogP contribution in [-0.4, -0.2) is 6.09 Å². The largest absolute Gasteiger partial charge is 0.435 e. The number of benzene rings is 2. The zero-order valence-electron chi connectivity index (χ0n) is 9.17. The second-order valence-corrected chi connectivity index (χ2v) is 3.61. The maximum Gasteiger partial charge on any atom is 0.427 e. The average molecular weight is 226 g/mol. The Morgan fingerprint density at radius 3 is 1.65 bits per heavy atom. The van der Waals surface area contributed by atoms with Crippen LogP contribution in [0.1, 0.15) is 17.2 Å². The summed E-state index contributed by atoms with van der Waals surface area (Å²) < 4.78 is 5.05. The van der Waals surface area contributed by atoms with E-state index in [1.54, 1.807) is 0 Å². The summed E-state index contributed by atoms with van der Waals surface area (Å²) in [5.74, 6) is 0. The third kappa shape index (κ3) is 2.84. The van der Waals surface area contributed by atoms with Crippen molar-refractivity contribution in [3.63, 3.8) is 0 Å². The number of carbonyl (C=O) groups excluding carboxylic acids is 1. The number of hydrogen-bond donors (Lipinski definition) is 0. The molecule has 17 heavy (non-hydrogen) atoms. The summed E-state index contributed by atoms with van der Waals surface area (Å²) in [6.07, 6.45) is -1.54. The number of ether oxygens (including phenoxy) is 1. The van der Waals surface area contributed by atoms with Crippen LogP contribution >= 0.6 is 0 Å². The number of nitrogens with one attached hydrogen (secondary N) is 1. The monoisotopic (exact) mass is 226 g/mol. The molecule has 3 nitrogen and oxygen atoms in total. The molecule has 0 saturated carbocycles. The van der Waals surface area contributed by atoms with Gasteiger partial charge in [0.05, 0.1) is 0 Å². The van der Waals surface area contributed by atoms with Gasteiger partial charge in [0.1, 0.15) is 0 Å². The molecular weight excluding hydrogens is 214 g/mol. The lowest BCUT2D eigenvalue weighted by Gasteiger charge is -2.16. The molecule has 0 aliphatic rings. The molecule has 2 aromatic carbocycles. The van der Waals surface area contributed by atoms with E-state index in [1.807, 2.05) is 60.7 Å². The molecule has 0 aromatic heterocycles. The molecule has 85 valence electrons. The highest BCUT2D eigenvalue weighted by Gasteiger charge is 2.17. The van der Waals surface area contributed by atoms with Crippen LogP contribution in [0.3, 0.4) is 0 Å². The Hall–Kier alpha value is -2.29. The predicted molar refractivity (Wildman–Crippen MR) is 64.3 cm³/mol. The maximum absolute atomic E-state index is 10.8. The molecule has 0 heterocycles. The lowest BCUT2D eigenvalue weighted by molar-refractivity contribution is 0.124. The van der Waals surface area contributed by atoms with Crippen molar-refractivity contribution in [2.24, 2.45) is 0 Å². The number of hydrogen-bond acceptors (Lipinski definition) is 2. The molecule has 0 aliphatic heterocycles. The molecule has 1 N–H and O–H groups in total. The van der Waals surface area contributed by atoms with Crippen molar-refractivity contribution in [1.29, 1.82) is 0 Å². The number of carbonyl (C=O) groups is 1. The summed E-state index contributed by atoms with van der Waals surface area (Å²) in [6, 6.07) is 18.8. The Bertz CT molecular complexity index is 443. The summed E-state index contributed by atoms with van der Waals surface area (Å²) in [6.45, 7) is 0. The minimum Gasteiger partial charge on any atom is -0.435 e. The predicted octanol–water partition coefficient (Wildman–Crippen LogP) is 3.20. The van der Waals surface area contributed by atoms with Gasteiger partial charge in [-0.2, -0.15) is 0 Å². The van der Waals surface area contributed by atoms with E-state index >= 15 is 0 Å². The fourth-order valence-corrected chi connectivity index (χ4v) is 1.69. The third-order valence-electron chi connectivity index (χ3n) is 2.43. The van der Waals surface area contributed by atoms with Crippen LogP contribution in [0.5, 0.6) is 0 Å². The normalized spacial score (nSPS) is 10.2. The smallest absolute Gasteiger partial charge is 0.427 e. The van der Waals surface area contributed by atoms with Gasteiger partial charge >= 0.3 is 6.09 Å². The van der Waals surface area contributed by atoms with E-state index in [4.69, 9.17) is 10.5 Å². The zero-order valence-corrected chi connectivity index (χ0v) is 9.17. The molecule has 0 fully saturated rings. The maximum atomic E-state index is 10.8. The van der Waals surface area contributed by atoms with Gasteiger partial charge in [0, 0.05) is 0 Å².